The van der Waals surface area contributed by atoms with Gasteiger partial charge in [0, 0.05) is 48.5 Å². The van der Waals surface area contributed by atoms with Gasteiger partial charge in [-0.2, -0.15) is 12.7 Å². The molecule has 0 bridgehead atoms. The summed E-state index contributed by atoms with van der Waals surface area (Å²) in [5.41, 5.74) is 3.18. The topological polar surface area (TPSA) is 144 Å². The van der Waals surface area contributed by atoms with Crippen LogP contribution in [0, 0.1) is 5.82 Å². The van der Waals surface area contributed by atoms with Crippen molar-refractivity contribution in [2.45, 2.75) is 6.42 Å². The lowest BCUT2D eigenvalue weighted by Crippen LogP contribution is -2.44. The number of pyridine rings is 1. The first kappa shape index (κ1) is 22.4. The molecule has 1 aliphatic rings. The predicted molar refractivity (Wildman–Crippen MR) is 119 cm³/mol. The number of benzene rings is 1. The molecule has 4 N–H and O–H groups in total. The molecule has 0 saturated carbocycles. The minimum Gasteiger partial charge on any atom is -0.464 e. The maximum atomic E-state index is 14.8. The average Bonchev–Trinajstić information content (AvgIpc) is 3.22. The third kappa shape index (κ3) is 4.43. The molecule has 0 atom stereocenters. The van der Waals surface area contributed by atoms with Crippen LogP contribution in [0.25, 0.3) is 27.7 Å². The molecule has 4 rings (SSSR count). The fourth-order valence-corrected chi connectivity index (χ4v) is 4.69. The molecule has 1 aromatic carbocycles. The van der Waals surface area contributed by atoms with E-state index in [-0.39, 0.29) is 24.6 Å². The highest BCUT2D eigenvalue weighted by atomic mass is 32.2. The van der Waals surface area contributed by atoms with Gasteiger partial charge in [0.25, 0.3) is 5.91 Å². The molecule has 33 heavy (non-hydrogen) atoms. The Morgan fingerprint density at radius 1 is 1.21 bits per heavy atom. The van der Waals surface area contributed by atoms with Crippen molar-refractivity contribution in [3.05, 3.63) is 59.7 Å². The maximum Gasteiger partial charge on any atom is 0.419 e. The fourth-order valence-electron chi connectivity index (χ4n) is 3.74. The molecule has 0 unspecified atom stereocenters. The highest BCUT2D eigenvalue weighted by Gasteiger charge is 2.26. The zero-order chi connectivity index (χ0) is 23.8. The van der Waals surface area contributed by atoms with E-state index in [0.717, 1.165) is 9.88 Å². The zero-order valence-electron chi connectivity index (χ0n) is 17.4. The number of nitrogens with zero attached hydrogens (tertiary/aromatic N) is 2. The Labute approximate surface area is 188 Å². The number of amides is 2. The normalized spacial score (nSPS) is 14.7. The second kappa shape index (κ2) is 8.64. The lowest BCUT2D eigenvalue weighted by molar-refractivity contribution is 0.0962. The third-order valence-corrected chi connectivity index (χ3v) is 6.80. The number of halogens is 1. The number of aromatic amines is 1. The third-order valence-electron chi connectivity index (χ3n) is 5.35. The molecular weight excluding hydrogens is 453 g/mol. The number of rotatable bonds is 5. The largest absolute Gasteiger partial charge is 0.464 e. The smallest absolute Gasteiger partial charge is 0.419 e. The van der Waals surface area contributed by atoms with E-state index in [1.165, 1.54) is 17.8 Å². The lowest BCUT2D eigenvalue weighted by Gasteiger charge is -2.24. The quantitative estimate of drug-likeness (QED) is 0.448. The van der Waals surface area contributed by atoms with Crippen molar-refractivity contribution in [1.82, 2.24) is 24.3 Å². The second-order valence-corrected chi connectivity index (χ2v) is 9.00. The minimum atomic E-state index is -4.13. The predicted octanol–water partition coefficient (Wildman–Crippen LogP) is 2.33. The molecule has 0 fully saturated rings. The number of carboxylic acid groups (broad SMARTS) is 1. The van der Waals surface area contributed by atoms with Gasteiger partial charge in [-0.3, -0.25) is 4.79 Å². The first-order chi connectivity index (χ1) is 15.7. The van der Waals surface area contributed by atoms with Gasteiger partial charge < -0.3 is 15.4 Å². The number of carbonyl (C=O) groups is 2. The lowest BCUT2D eigenvalue weighted by atomic mass is 10.00. The van der Waals surface area contributed by atoms with Gasteiger partial charge >= 0.3 is 16.3 Å². The van der Waals surface area contributed by atoms with Gasteiger partial charge in [0.2, 0.25) is 0 Å². The molecule has 0 aliphatic carbocycles. The van der Waals surface area contributed by atoms with E-state index in [0.29, 0.717) is 34.3 Å². The van der Waals surface area contributed by atoms with Crippen molar-refractivity contribution in [3.63, 3.8) is 0 Å². The van der Waals surface area contributed by atoms with Gasteiger partial charge in [-0.1, -0.05) is 12.1 Å². The molecule has 10 nitrogen and oxygen atoms in total. The van der Waals surface area contributed by atoms with Crippen molar-refractivity contribution in [1.29, 1.82) is 0 Å². The van der Waals surface area contributed by atoms with E-state index in [2.05, 4.69) is 15.3 Å². The summed E-state index contributed by atoms with van der Waals surface area (Å²) in [6.07, 6.45) is 1.94. The van der Waals surface area contributed by atoms with E-state index < -0.39 is 22.1 Å². The van der Waals surface area contributed by atoms with Gasteiger partial charge in [0.05, 0.1) is 0 Å². The fraction of sp³-hybridized carbons (Fsp3) is 0.190. The van der Waals surface area contributed by atoms with Crippen LogP contribution in [-0.2, 0) is 10.2 Å². The van der Waals surface area contributed by atoms with Crippen molar-refractivity contribution < 1.29 is 27.5 Å². The monoisotopic (exact) mass is 473 g/mol. The summed E-state index contributed by atoms with van der Waals surface area (Å²) in [7, 11) is -2.65. The van der Waals surface area contributed by atoms with Gasteiger partial charge in [0.15, 0.2) is 0 Å². The summed E-state index contributed by atoms with van der Waals surface area (Å²) in [5.74, 6) is -0.932. The van der Waals surface area contributed by atoms with E-state index >= 15 is 0 Å². The van der Waals surface area contributed by atoms with Crippen LogP contribution in [-0.4, -0.2) is 59.9 Å². The standard InChI is InChI=1S/C21H20FN5O5S/c1-23-20(28)13-2-3-15(17(22)10-13)14-4-7-24-19-16(14)11-18(25-19)12-5-8-27(9-6-12)33(31,32)26-21(29)30/h2-5,7,10-11,26H,6,8-9H2,1H3,(H,23,28)(H,24,25)(H,29,30). The average molecular weight is 473 g/mol. The SMILES string of the molecule is CNC(=O)c1ccc(-c2ccnc3[nH]c(C4=CCN(S(=O)(=O)NC(=O)O)CC4)cc23)c(F)c1. The summed E-state index contributed by atoms with van der Waals surface area (Å²) in [5, 5.41) is 11.8. The van der Waals surface area contributed by atoms with Crippen LogP contribution in [0.2, 0.25) is 0 Å². The van der Waals surface area contributed by atoms with Crippen LogP contribution in [0.4, 0.5) is 9.18 Å². The molecular formula is C21H20FN5O5S. The van der Waals surface area contributed by atoms with E-state index in [9.17, 15) is 22.4 Å². The van der Waals surface area contributed by atoms with Gasteiger partial charge in [-0.05, 0) is 41.8 Å². The van der Waals surface area contributed by atoms with E-state index in [1.807, 2.05) is 6.07 Å². The molecule has 12 heteroatoms. The van der Waals surface area contributed by atoms with Crippen molar-refractivity contribution in [2.75, 3.05) is 20.1 Å². The van der Waals surface area contributed by atoms with Gasteiger partial charge in [0.1, 0.15) is 11.5 Å². The molecule has 2 amide bonds. The second-order valence-electron chi connectivity index (χ2n) is 7.33. The first-order valence-corrected chi connectivity index (χ1v) is 11.3. The van der Waals surface area contributed by atoms with Crippen molar-refractivity contribution in [3.8, 4) is 11.1 Å². The summed E-state index contributed by atoms with van der Waals surface area (Å²) in [6, 6.07) is 7.76. The van der Waals surface area contributed by atoms with Crippen LogP contribution in [0.3, 0.4) is 0 Å². The maximum absolute atomic E-state index is 14.8. The highest BCUT2D eigenvalue weighted by Crippen LogP contribution is 2.33. The Kier molecular flexibility index (Phi) is 5.87. The first-order valence-electron chi connectivity index (χ1n) is 9.89. The van der Waals surface area contributed by atoms with Gasteiger partial charge in [-0.25, -0.2) is 18.9 Å². The molecule has 0 radical (unpaired) electrons. The molecule has 0 saturated heterocycles. The van der Waals surface area contributed by atoms with Gasteiger partial charge in [-0.15, -0.1) is 0 Å². The Morgan fingerprint density at radius 3 is 2.64 bits per heavy atom. The summed E-state index contributed by atoms with van der Waals surface area (Å²) >= 11 is 0. The molecule has 1 aliphatic heterocycles. The molecule has 172 valence electrons. The number of carbonyl (C=O) groups excluding carboxylic acids is 1. The van der Waals surface area contributed by atoms with Crippen molar-refractivity contribution in [2.24, 2.45) is 0 Å². The Hall–Kier alpha value is -3.77. The molecule has 0 spiro atoms. The zero-order valence-corrected chi connectivity index (χ0v) is 18.2. The van der Waals surface area contributed by atoms with Crippen LogP contribution >= 0.6 is 0 Å². The van der Waals surface area contributed by atoms with E-state index in [1.54, 1.807) is 30.5 Å². The number of aromatic nitrogens is 2. The number of H-pyrrole nitrogens is 1. The summed E-state index contributed by atoms with van der Waals surface area (Å²) < 4.78 is 41.4. The summed E-state index contributed by atoms with van der Waals surface area (Å²) in [6.45, 7) is 0.100. The number of hydrogen-bond acceptors (Lipinski definition) is 5. The number of hydrogen-bond donors (Lipinski definition) is 4. The van der Waals surface area contributed by atoms with Crippen LogP contribution in [0.15, 0.2) is 42.6 Å². The number of fused-ring (bicyclic) bond motifs is 1. The summed E-state index contributed by atoms with van der Waals surface area (Å²) in [4.78, 5) is 29.9. The Morgan fingerprint density at radius 2 is 2.00 bits per heavy atom. The Balaban J connectivity index is 1.65. The van der Waals surface area contributed by atoms with Crippen LogP contribution in [0.1, 0.15) is 22.5 Å². The highest BCUT2D eigenvalue weighted by molar-refractivity contribution is 7.87. The molecule has 2 aromatic heterocycles. The van der Waals surface area contributed by atoms with Crippen LogP contribution in [0.5, 0.6) is 0 Å². The minimum absolute atomic E-state index is 0.00316. The van der Waals surface area contributed by atoms with Crippen LogP contribution < -0.4 is 10.0 Å². The molecule has 3 heterocycles. The van der Waals surface area contributed by atoms with Crippen molar-refractivity contribution >= 4 is 38.8 Å². The number of nitrogens with one attached hydrogen (secondary N) is 3. The molecule has 3 aromatic rings. The van der Waals surface area contributed by atoms with E-state index in [4.69, 9.17) is 5.11 Å². The Bertz CT molecular complexity index is 1400.